The summed E-state index contributed by atoms with van der Waals surface area (Å²) in [5.74, 6) is -0.718. The van der Waals surface area contributed by atoms with E-state index in [1.807, 2.05) is 24.3 Å². The zero-order valence-electron chi connectivity index (χ0n) is 11.3. The summed E-state index contributed by atoms with van der Waals surface area (Å²) in [6, 6.07) is 7.57. The molecule has 1 rings (SSSR count). The number of amides is 1. The van der Waals surface area contributed by atoms with Gasteiger partial charge in [0, 0.05) is 22.9 Å². The Labute approximate surface area is 127 Å². The van der Waals surface area contributed by atoms with Crippen molar-refractivity contribution in [3.8, 4) is 0 Å². The number of carboxylic acids is 1. The molecular formula is C14H18ClNO3S. The number of hydrogen-bond donors (Lipinski definition) is 2. The number of hydrogen-bond acceptors (Lipinski definition) is 3. The lowest BCUT2D eigenvalue weighted by molar-refractivity contribution is -0.141. The molecule has 0 bridgehead atoms. The largest absolute Gasteiger partial charge is 0.481 e. The van der Waals surface area contributed by atoms with E-state index in [0.29, 0.717) is 11.4 Å². The molecule has 0 radical (unpaired) electrons. The summed E-state index contributed by atoms with van der Waals surface area (Å²) in [6.45, 7) is 1.75. The van der Waals surface area contributed by atoms with E-state index in [1.54, 1.807) is 18.7 Å². The average Bonchev–Trinajstić information content (AvgIpc) is 2.42. The molecule has 0 fully saturated rings. The number of nitrogens with one attached hydrogen (secondary N) is 1. The first-order chi connectivity index (χ1) is 9.49. The number of carboxylic acid groups (broad SMARTS) is 1. The standard InChI is InChI=1S/C14H18ClNO3S/c1-10(14(18)19)9-16-13(17)3-2-8-20-12-6-4-11(15)5-7-12/h4-7,10H,2-3,8-9H2,1H3,(H,16,17)(H,18,19). The molecule has 1 aromatic rings. The third-order valence-electron chi connectivity index (χ3n) is 2.66. The number of benzene rings is 1. The van der Waals surface area contributed by atoms with Crippen molar-refractivity contribution in [1.82, 2.24) is 5.32 Å². The van der Waals surface area contributed by atoms with E-state index in [2.05, 4.69) is 5.32 Å². The zero-order valence-corrected chi connectivity index (χ0v) is 12.8. The predicted molar refractivity (Wildman–Crippen MR) is 81.2 cm³/mol. The molecule has 4 nitrogen and oxygen atoms in total. The molecule has 6 heteroatoms. The van der Waals surface area contributed by atoms with Crippen LogP contribution in [0.15, 0.2) is 29.2 Å². The first-order valence-corrected chi connectivity index (χ1v) is 7.73. The highest BCUT2D eigenvalue weighted by Crippen LogP contribution is 2.21. The lowest BCUT2D eigenvalue weighted by atomic mass is 10.2. The van der Waals surface area contributed by atoms with Gasteiger partial charge in [0.25, 0.3) is 0 Å². The average molecular weight is 316 g/mol. The molecule has 0 aliphatic heterocycles. The molecule has 2 N–H and O–H groups in total. The van der Waals surface area contributed by atoms with Gasteiger partial charge in [-0.15, -0.1) is 11.8 Å². The number of rotatable bonds is 8. The van der Waals surface area contributed by atoms with Crippen molar-refractivity contribution >= 4 is 35.2 Å². The van der Waals surface area contributed by atoms with Gasteiger partial charge < -0.3 is 10.4 Å². The molecule has 1 amide bonds. The van der Waals surface area contributed by atoms with E-state index in [1.165, 1.54) is 0 Å². The fourth-order valence-electron chi connectivity index (χ4n) is 1.40. The minimum Gasteiger partial charge on any atom is -0.481 e. The molecule has 0 heterocycles. The molecule has 1 atom stereocenters. The van der Waals surface area contributed by atoms with Gasteiger partial charge in [0.05, 0.1) is 5.92 Å². The third kappa shape index (κ3) is 6.82. The fourth-order valence-corrected chi connectivity index (χ4v) is 2.38. The maximum absolute atomic E-state index is 11.5. The van der Waals surface area contributed by atoms with Gasteiger partial charge in [-0.05, 0) is 36.4 Å². The summed E-state index contributed by atoms with van der Waals surface area (Å²) in [5, 5.41) is 12.0. The second kappa shape index (κ2) is 8.87. The Morgan fingerprint density at radius 1 is 1.35 bits per heavy atom. The van der Waals surface area contributed by atoms with Crippen LogP contribution in [-0.4, -0.2) is 29.3 Å². The monoisotopic (exact) mass is 315 g/mol. The SMILES string of the molecule is CC(CNC(=O)CCCSc1ccc(Cl)cc1)C(=O)O. The molecule has 0 aliphatic rings. The Hall–Kier alpha value is -1.20. The highest BCUT2D eigenvalue weighted by atomic mass is 35.5. The van der Waals surface area contributed by atoms with Gasteiger partial charge in [-0.25, -0.2) is 0 Å². The maximum Gasteiger partial charge on any atom is 0.308 e. The summed E-state index contributed by atoms with van der Waals surface area (Å²) in [4.78, 5) is 23.2. The smallest absolute Gasteiger partial charge is 0.308 e. The van der Waals surface area contributed by atoms with E-state index in [-0.39, 0.29) is 12.5 Å². The van der Waals surface area contributed by atoms with Crippen LogP contribution < -0.4 is 5.32 Å². The summed E-state index contributed by atoms with van der Waals surface area (Å²) in [6.07, 6.45) is 1.16. The molecule has 1 aromatic carbocycles. The van der Waals surface area contributed by atoms with Gasteiger partial charge in [-0.3, -0.25) is 9.59 Å². The number of thioether (sulfide) groups is 1. The van der Waals surface area contributed by atoms with Gasteiger partial charge in [0.15, 0.2) is 0 Å². The van der Waals surface area contributed by atoms with Crippen molar-refractivity contribution in [2.24, 2.45) is 5.92 Å². The van der Waals surface area contributed by atoms with E-state index >= 15 is 0 Å². The van der Waals surface area contributed by atoms with Gasteiger partial charge in [0.2, 0.25) is 5.91 Å². The van der Waals surface area contributed by atoms with Crippen LogP contribution in [0.4, 0.5) is 0 Å². The van der Waals surface area contributed by atoms with E-state index in [4.69, 9.17) is 16.7 Å². The number of halogens is 1. The second-order valence-electron chi connectivity index (χ2n) is 4.45. The fraction of sp³-hybridized carbons (Fsp3) is 0.429. The minimum absolute atomic E-state index is 0.102. The van der Waals surface area contributed by atoms with E-state index in [0.717, 1.165) is 17.1 Å². The molecular weight excluding hydrogens is 298 g/mol. The Morgan fingerprint density at radius 3 is 2.60 bits per heavy atom. The van der Waals surface area contributed by atoms with Crippen molar-refractivity contribution < 1.29 is 14.7 Å². The van der Waals surface area contributed by atoms with Crippen LogP contribution in [0.2, 0.25) is 5.02 Å². The Kier molecular flexibility index (Phi) is 7.47. The van der Waals surface area contributed by atoms with Gasteiger partial charge >= 0.3 is 5.97 Å². The van der Waals surface area contributed by atoms with E-state index < -0.39 is 11.9 Å². The predicted octanol–water partition coefficient (Wildman–Crippen LogP) is 3.05. The Balaban J connectivity index is 2.13. The first kappa shape index (κ1) is 16.9. The van der Waals surface area contributed by atoms with Crippen molar-refractivity contribution in [2.75, 3.05) is 12.3 Å². The molecule has 0 spiro atoms. The van der Waals surface area contributed by atoms with Crippen LogP contribution in [0.1, 0.15) is 19.8 Å². The van der Waals surface area contributed by atoms with Crippen LogP contribution in [0.25, 0.3) is 0 Å². The van der Waals surface area contributed by atoms with Crippen LogP contribution >= 0.6 is 23.4 Å². The Bertz CT molecular complexity index is 450. The highest BCUT2D eigenvalue weighted by molar-refractivity contribution is 7.99. The van der Waals surface area contributed by atoms with Crippen molar-refractivity contribution in [2.45, 2.75) is 24.7 Å². The van der Waals surface area contributed by atoms with E-state index in [9.17, 15) is 9.59 Å². The number of carbonyl (C=O) groups is 2. The van der Waals surface area contributed by atoms with Crippen LogP contribution in [0.3, 0.4) is 0 Å². The molecule has 0 aromatic heterocycles. The minimum atomic E-state index is -0.899. The van der Waals surface area contributed by atoms with Gasteiger partial charge in [-0.2, -0.15) is 0 Å². The summed E-state index contributed by atoms with van der Waals surface area (Å²) < 4.78 is 0. The quantitative estimate of drug-likeness (QED) is 0.571. The summed E-state index contributed by atoms with van der Waals surface area (Å²) >= 11 is 7.46. The first-order valence-electron chi connectivity index (χ1n) is 6.37. The highest BCUT2D eigenvalue weighted by Gasteiger charge is 2.11. The molecule has 110 valence electrons. The van der Waals surface area contributed by atoms with Crippen molar-refractivity contribution in [3.63, 3.8) is 0 Å². The molecule has 20 heavy (non-hydrogen) atoms. The van der Waals surface area contributed by atoms with Crippen LogP contribution in [0.5, 0.6) is 0 Å². The summed E-state index contributed by atoms with van der Waals surface area (Å²) in [5.41, 5.74) is 0. The third-order valence-corrected chi connectivity index (χ3v) is 4.01. The summed E-state index contributed by atoms with van der Waals surface area (Å²) in [7, 11) is 0. The zero-order chi connectivity index (χ0) is 15.0. The number of carbonyl (C=O) groups excluding carboxylic acids is 1. The molecule has 1 unspecified atom stereocenters. The van der Waals surface area contributed by atoms with Gasteiger partial charge in [-0.1, -0.05) is 18.5 Å². The van der Waals surface area contributed by atoms with Crippen LogP contribution in [-0.2, 0) is 9.59 Å². The Morgan fingerprint density at radius 2 is 2.00 bits per heavy atom. The lowest BCUT2D eigenvalue weighted by Gasteiger charge is -2.08. The molecule has 0 saturated heterocycles. The van der Waals surface area contributed by atoms with Crippen LogP contribution in [0, 0.1) is 5.92 Å². The van der Waals surface area contributed by atoms with Crippen molar-refractivity contribution in [3.05, 3.63) is 29.3 Å². The number of aliphatic carboxylic acids is 1. The molecule has 0 aliphatic carbocycles. The maximum atomic E-state index is 11.5. The second-order valence-corrected chi connectivity index (χ2v) is 6.05. The van der Waals surface area contributed by atoms with Crippen molar-refractivity contribution in [1.29, 1.82) is 0 Å². The molecule has 0 saturated carbocycles. The lowest BCUT2D eigenvalue weighted by Crippen LogP contribution is -2.31. The normalized spacial score (nSPS) is 11.9. The van der Waals surface area contributed by atoms with Gasteiger partial charge in [0.1, 0.15) is 0 Å². The topological polar surface area (TPSA) is 66.4 Å².